The van der Waals surface area contributed by atoms with Crippen LogP contribution in [0.3, 0.4) is 0 Å². The monoisotopic (exact) mass is 516 g/mol. The summed E-state index contributed by atoms with van der Waals surface area (Å²) in [7, 11) is 3.02. The number of thiophene rings is 1. The van der Waals surface area contributed by atoms with Gasteiger partial charge in [0.25, 0.3) is 11.8 Å². The predicted molar refractivity (Wildman–Crippen MR) is 140 cm³/mol. The summed E-state index contributed by atoms with van der Waals surface area (Å²) >= 11 is 9.33. The van der Waals surface area contributed by atoms with Gasteiger partial charge in [0.2, 0.25) is 0 Å². The number of carbonyl (C=O) groups is 2. The molecule has 0 aliphatic rings. The number of benzene rings is 2. The minimum atomic E-state index is -0.424. The molecular weight excluding hydrogens is 492 g/mol. The van der Waals surface area contributed by atoms with E-state index in [1.165, 1.54) is 25.6 Å². The van der Waals surface area contributed by atoms with E-state index in [1.807, 2.05) is 41.8 Å². The summed E-state index contributed by atoms with van der Waals surface area (Å²) in [4.78, 5) is 26.6. The normalized spacial score (nSPS) is 11.1. The molecule has 0 saturated heterocycles. The van der Waals surface area contributed by atoms with Crippen molar-refractivity contribution in [3.8, 4) is 11.5 Å². The average molecular weight is 517 g/mol. The van der Waals surface area contributed by atoms with Gasteiger partial charge in [-0.05, 0) is 47.4 Å². The van der Waals surface area contributed by atoms with Crippen molar-refractivity contribution in [1.29, 1.82) is 0 Å². The van der Waals surface area contributed by atoms with Crippen molar-refractivity contribution < 1.29 is 19.1 Å². The van der Waals surface area contributed by atoms with Crippen LogP contribution in [0.25, 0.3) is 6.08 Å². The highest BCUT2D eigenvalue weighted by atomic mass is 35.5. The van der Waals surface area contributed by atoms with E-state index in [9.17, 15) is 9.59 Å². The van der Waals surface area contributed by atoms with Crippen LogP contribution in [-0.2, 0) is 10.5 Å². The zero-order valence-electron chi connectivity index (χ0n) is 18.8. The number of hydrogen-bond acceptors (Lipinski definition) is 6. The molecule has 0 fully saturated rings. The Morgan fingerprint density at radius 1 is 1.06 bits per heavy atom. The van der Waals surface area contributed by atoms with Crippen LogP contribution in [0, 0.1) is 0 Å². The van der Waals surface area contributed by atoms with E-state index >= 15 is 0 Å². The molecule has 34 heavy (non-hydrogen) atoms. The molecule has 2 aromatic carbocycles. The molecular formula is C25H25ClN2O4S2. The van der Waals surface area contributed by atoms with E-state index in [0.717, 1.165) is 21.2 Å². The fourth-order valence-corrected chi connectivity index (χ4v) is 4.78. The maximum absolute atomic E-state index is 12.9. The van der Waals surface area contributed by atoms with Crippen LogP contribution in [0.5, 0.6) is 11.5 Å². The second kappa shape index (κ2) is 13.1. The molecule has 0 radical (unpaired) electrons. The number of methoxy groups -OCH3 is 2. The minimum absolute atomic E-state index is 0.165. The van der Waals surface area contributed by atoms with Crippen molar-refractivity contribution in [2.45, 2.75) is 5.75 Å². The Kier molecular flexibility index (Phi) is 9.88. The van der Waals surface area contributed by atoms with Gasteiger partial charge in [-0.15, -0.1) is 11.3 Å². The molecule has 9 heteroatoms. The molecule has 6 nitrogen and oxygen atoms in total. The summed E-state index contributed by atoms with van der Waals surface area (Å²) < 4.78 is 10.5. The van der Waals surface area contributed by atoms with Crippen molar-refractivity contribution >= 4 is 52.6 Å². The molecule has 1 heterocycles. The first-order valence-electron chi connectivity index (χ1n) is 10.4. The third-order valence-electron chi connectivity index (χ3n) is 4.72. The van der Waals surface area contributed by atoms with E-state index in [2.05, 4.69) is 10.6 Å². The number of nitrogens with one attached hydrogen (secondary N) is 2. The third-order valence-corrected chi connectivity index (χ3v) is 6.91. The molecule has 0 unspecified atom stereocenters. The zero-order chi connectivity index (χ0) is 24.3. The van der Waals surface area contributed by atoms with Gasteiger partial charge in [-0.25, -0.2) is 0 Å². The molecule has 0 aliphatic carbocycles. The molecule has 2 N–H and O–H groups in total. The Labute approximate surface area is 212 Å². The van der Waals surface area contributed by atoms with Gasteiger partial charge in [0.1, 0.15) is 5.70 Å². The van der Waals surface area contributed by atoms with Crippen LogP contribution in [0.15, 0.2) is 65.7 Å². The number of hydrogen-bond donors (Lipinski definition) is 2. The molecule has 2 amide bonds. The van der Waals surface area contributed by atoms with Crippen molar-refractivity contribution in [2.75, 3.05) is 26.5 Å². The highest BCUT2D eigenvalue weighted by Crippen LogP contribution is 2.27. The standard InChI is InChI=1S/C25H25ClN2O4S2/c1-31-22-10-9-17(14-23(22)32-2)24(29)28-21(15-19-7-5-12-34-19)25(30)27-11-13-33-16-18-6-3-4-8-20(18)26/h3-10,12,14-15H,11,13,16H2,1-2H3,(H,27,30)(H,28,29)/b21-15-. The first kappa shape index (κ1) is 25.7. The van der Waals surface area contributed by atoms with Gasteiger partial charge in [-0.1, -0.05) is 35.9 Å². The van der Waals surface area contributed by atoms with E-state index in [4.69, 9.17) is 21.1 Å². The number of ether oxygens (including phenoxy) is 2. The summed E-state index contributed by atoms with van der Waals surface area (Å²) in [5, 5.41) is 8.25. The van der Waals surface area contributed by atoms with Crippen LogP contribution in [0.2, 0.25) is 5.02 Å². The summed E-state index contributed by atoms with van der Waals surface area (Å²) in [5.74, 6) is 1.61. The minimum Gasteiger partial charge on any atom is -0.493 e. The number of carbonyl (C=O) groups excluding carboxylic acids is 2. The van der Waals surface area contributed by atoms with Gasteiger partial charge < -0.3 is 20.1 Å². The first-order valence-corrected chi connectivity index (χ1v) is 12.8. The lowest BCUT2D eigenvalue weighted by Crippen LogP contribution is -2.35. The zero-order valence-corrected chi connectivity index (χ0v) is 21.2. The molecule has 178 valence electrons. The molecule has 0 aliphatic heterocycles. The van der Waals surface area contributed by atoms with Crippen LogP contribution in [0.1, 0.15) is 20.8 Å². The molecule has 1 aromatic heterocycles. The molecule has 3 aromatic rings. The van der Waals surface area contributed by atoms with Gasteiger partial charge in [0, 0.05) is 33.5 Å². The van der Waals surface area contributed by atoms with Gasteiger partial charge in [0.05, 0.1) is 14.2 Å². The maximum Gasteiger partial charge on any atom is 0.267 e. The van der Waals surface area contributed by atoms with Gasteiger partial charge in [-0.2, -0.15) is 11.8 Å². The van der Waals surface area contributed by atoms with Crippen LogP contribution < -0.4 is 20.1 Å². The van der Waals surface area contributed by atoms with Crippen molar-refractivity contribution in [3.63, 3.8) is 0 Å². The lowest BCUT2D eigenvalue weighted by atomic mass is 10.1. The van der Waals surface area contributed by atoms with Crippen molar-refractivity contribution in [3.05, 3.63) is 86.7 Å². The first-order chi connectivity index (χ1) is 16.5. The van der Waals surface area contributed by atoms with E-state index < -0.39 is 5.91 Å². The highest BCUT2D eigenvalue weighted by molar-refractivity contribution is 7.98. The lowest BCUT2D eigenvalue weighted by Gasteiger charge is -2.12. The smallest absolute Gasteiger partial charge is 0.267 e. The average Bonchev–Trinajstić information content (AvgIpc) is 3.37. The summed E-state index contributed by atoms with van der Waals surface area (Å²) in [5.41, 5.74) is 1.57. The van der Waals surface area contributed by atoms with E-state index in [1.54, 1.807) is 36.0 Å². The summed E-state index contributed by atoms with van der Waals surface area (Å²) in [6.07, 6.45) is 1.66. The maximum atomic E-state index is 12.9. The second-order valence-corrected chi connectivity index (χ2v) is 9.49. The van der Waals surface area contributed by atoms with E-state index in [-0.39, 0.29) is 11.6 Å². The van der Waals surface area contributed by atoms with Crippen LogP contribution in [-0.4, -0.2) is 38.3 Å². The largest absolute Gasteiger partial charge is 0.493 e. The predicted octanol–water partition coefficient (Wildman–Crippen LogP) is 5.24. The molecule has 0 atom stereocenters. The molecule has 3 rings (SSSR count). The van der Waals surface area contributed by atoms with Crippen LogP contribution >= 0.6 is 34.7 Å². The number of rotatable bonds is 11. The Hall–Kier alpha value is -2.94. The van der Waals surface area contributed by atoms with Gasteiger partial charge >= 0.3 is 0 Å². The topological polar surface area (TPSA) is 76.7 Å². The fraction of sp³-hybridized carbons (Fsp3) is 0.200. The van der Waals surface area contributed by atoms with Gasteiger partial charge in [0.15, 0.2) is 11.5 Å². The second-order valence-electron chi connectivity index (χ2n) is 7.00. The lowest BCUT2D eigenvalue weighted by molar-refractivity contribution is -0.117. The van der Waals surface area contributed by atoms with Crippen LogP contribution in [0.4, 0.5) is 0 Å². The fourth-order valence-electron chi connectivity index (χ4n) is 2.98. The summed E-state index contributed by atoms with van der Waals surface area (Å²) in [6, 6.07) is 16.3. The molecule has 0 saturated carbocycles. The Balaban J connectivity index is 1.62. The Bertz CT molecular complexity index is 1150. The number of amides is 2. The summed E-state index contributed by atoms with van der Waals surface area (Å²) in [6.45, 7) is 0.446. The third kappa shape index (κ3) is 7.28. The number of thioether (sulfide) groups is 1. The van der Waals surface area contributed by atoms with Crippen molar-refractivity contribution in [2.24, 2.45) is 0 Å². The molecule has 0 spiro atoms. The van der Waals surface area contributed by atoms with Gasteiger partial charge in [-0.3, -0.25) is 9.59 Å². The van der Waals surface area contributed by atoms with E-state index in [0.29, 0.717) is 29.4 Å². The number of halogens is 1. The van der Waals surface area contributed by atoms with Crippen molar-refractivity contribution in [1.82, 2.24) is 10.6 Å². The Morgan fingerprint density at radius 3 is 2.56 bits per heavy atom. The molecule has 0 bridgehead atoms. The Morgan fingerprint density at radius 2 is 1.85 bits per heavy atom. The quantitative estimate of drug-likeness (QED) is 0.269. The highest BCUT2D eigenvalue weighted by Gasteiger charge is 2.16. The SMILES string of the molecule is COc1ccc(C(=O)N/C(=C\c2cccs2)C(=O)NCCSCc2ccccc2Cl)cc1OC.